The second-order valence-corrected chi connectivity index (χ2v) is 3.46. The number of benzene rings is 1. The molecule has 0 bridgehead atoms. The van der Waals surface area contributed by atoms with Gasteiger partial charge in [0, 0.05) is 22.7 Å². The summed E-state index contributed by atoms with van der Waals surface area (Å²) >= 11 is 0. The third-order valence-electron chi connectivity index (χ3n) is 2.38. The van der Waals surface area contributed by atoms with Gasteiger partial charge in [-0.3, -0.25) is 5.43 Å². The number of nitrogens with zero attached hydrogens (tertiary/aromatic N) is 5. The van der Waals surface area contributed by atoms with Crippen LogP contribution in [0.5, 0.6) is 0 Å². The number of aromatic nitrogens is 1. The highest BCUT2D eigenvalue weighted by atomic mass is 15.6. The Hall–Kier alpha value is -2.57. The van der Waals surface area contributed by atoms with E-state index in [1.165, 1.54) is 0 Å². The Kier molecular flexibility index (Phi) is 2.34. The minimum absolute atomic E-state index is 0.503. The molecule has 0 atom stereocenters. The summed E-state index contributed by atoms with van der Waals surface area (Å²) in [5.41, 5.74) is 4.80. The molecule has 1 aromatic heterocycles. The first kappa shape index (κ1) is 9.64. The van der Waals surface area contributed by atoms with Crippen LogP contribution in [0, 0.1) is 0 Å². The number of hydrazone groups is 1. The standard InChI is InChI=1S/C10H9N7/c1-2-4-9-8(3-1)7(5-11-9)6-12-13-10-14-16-17-15-10/h1-6,10-11,13H. The van der Waals surface area contributed by atoms with Gasteiger partial charge in [0.05, 0.1) is 6.21 Å². The van der Waals surface area contributed by atoms with Crippen LogP contribution in [0.2, 0.25) is 0 Å². The molecular formula is C10H9N7. The Morgan fingerprint density at radius 3 is 2.94 bits per heavy atom. The molecule has 0 radical (unpaired) electrons. The summed E-state index contributed by atoms with van der Waals surface area (Å²) in [5.74, 6) is 0. The molecule has 2 aromatic rings. The summed E-state index contributed by atoms with van der Waals surface area (Å²) in [4.78, 5) is 3.16. The minimum Gasteiger partial charge on any atom is -0.361 e. The van der Waals surface area contributed by atoms with Crippen LogP contribution >= 0.6 is 0 Å². The SMILES string of the molecule is C(=NNC1N=NN=N1)c1c[nH]c2ccccc12. The van der Waals surface area contributed by atoms with Gasteiger partial charge < -0.3 is 4.98 Å². The topological polar surface area (TPSA) is 89.6 Å². The van der Waals surface area contributed by atoms with Crippen molar-refractivity contribution in [1.29, 1.82) is 0 Å². The Morgan fingerprint density at radius 2 is 2.06 bits per heavy atom. The summed E-state index contributed by atoms with van der Waals surface area (Å²) in [6.07, 6.45) is 3.10. The number of aromatic amines is 1. The molecule has 0 saturated carbocycles. The van der Waals surface area contributed by atoms with Gasteiger partial charge in [-0.2, -0.15) is 5.10 Å². The average molecular weight is 227 g/mol. The van der Waals surface area contributed by atoms with Crippen molar-refractivity contribution in [3.05, 3.63) is 36.0 Å². The normalized spacial score (nSPS) is 15.3. The van der Waals surface area contributed by atoms with Gasteiger partial charge in [0.1, 0.15) is 0 Å². The largest absolute Gasteiger partial charge is 0.361 e. The first-order valence-corrected chi connectivity index (χ1v) is 5.08. The van der Waals surface area contributed by atoms with Gasteiger partial charge in [-0.15, -0.1) is 10.2 Å². The van der Waals surface area contributed by atoms with Crippen molar-refractivity contribution in [3.8, 4) is 0 Å². The molecule has 0 fully saturated rings. The molecule has 2 N–H and O–H groups in total. The van der Waals surface area contributed by atoms with Gasteiger partial charge in [0.2, 0.25) is 0 Å². The maximum Gasteiger partial charge on any atom is 0.270 e. The van der Waals surface area contributed by atoms with Crippen molar-refractivity contribution in [2.45, 2.75) is 6.29 Å². The smallest absolute Gasteiger partial charge is 0.270 e. The van der Waals surface area contributed by atoms with E-state index in [0.29, 0.717) is 0 Å². The van der Waals surface area contributed by atoms with Crippen LogP contribution in [0.3, 0.4) is 0 Å². The molecular weight excluding hydrogens is 218 g/mol. The highest BCUT2D eigenvalue weighted by Crippen LogP contribution is 2.15. The Morgan fingerprint density at radius 1 is 1.24 bits per heavy atom. The van der Waals surface area contributed by atoms with Gasteiger partial charge in [-0.1, -0.05) is 18.2 Å². The molecule has 0 amide bonds. The second kappa shape index (κ2) is 4.12. The van der Waals surface area contributed by atoms with E-state index in [9.17, 15) is 0 Å². The number of H-pyrrole nitrogens is 1. The molecule has 1 aliphatic rings. The monoisotopic (exact) mass is 227 g/mol. The molecule has 1 aromatic carbocycles. The maximum absolute atomic E-state index is 4.04. The molecule has 1 aliphatic heterocycles. The molecule has 7 heteroatoms. The molecule has 0 unspecified atom stereocenters. The summed E-state index contributed by atoms with van der Waals surface area (Å²) in [5, 5.41) is 19.3. The van der Waals surface area contributed by atoms with Crippen molar-refractivity contribution in [3.63, 3.8) is 0 Å². The first-order chi connectivity index (χ1) is 8.43. The van der Waals surface area contributed by atoms with Gasteiger partial charge in [0.15, 0.2) is 0 Å². The van der Waals surface area contributed by atoms with Crippen LogP contribution in [0.1, 0.15) is 5.56 Å². The number of rotatable bonds is 3. The molecule has 0 saturated heterocycles. The van der Waals surface area contributed by atoms with E-state index in [4.69, 9.17) is 0 Å². The number of nitrogens with one attached hydrogen (secondary N) is 2. The number of para-hydroxylation sites is 1. The Balaban J connectivity index is 1.78. The molecule has 84 valence electrons. The molecule has 17 heavy (non-hydrogen) atoms. The van der Waals surface area contributed by atoms with E-state index in [2.05, 4.69) is 36.2 Å². The number of fused-ring (bicyclic) bond motifs is 1. The second-order valence-electron chi connectivity index (χ2n) is 3.46. The zero-order chi connectivity index (χ0) is 11.5. The number of hydrogen-bond acceptors (Lipinski definition) is 6. The lowest BCUT2D eigenvalue weighted by molar-refractivity contribution is 0.570. The number of hydrogen-bond donors (Lipinski definition) is 2. The van der Waals surface area contributed by atoms with E-state index in [1.807, 2.05) is 30.5 Å². The zero-order valence-electron chi connectivity index (χ0n) is 8.78. The lowest BCUT2D eigenvalue weighted by Crippen LogP contribution is -2.17. The van der Waals surface area contributed by atoms with E-state index in [1.54, 1.807) is 6.21 Å². The van der Waals surface area contributed by atoms with Crippen LogP contribution in [-0.4, -0.2) is 17.5 Å². The third kappa shape index (κ3) is 1.89. The van der Waals surface area contributed by atoms with Crippen molar-refractivity contribution >= 4 is 17.1 Å². The van der Waals surface area contributed by atoms with Crippen LogP contribution < -0.4 is 5.43 Å². The van der Waals surface area contributed by atoms with Gasteiger partial charge >= 0.3 is 0 Å². The van der Waals surface area contributed by atoms with Gasteiger partial charge in [0.25, 0.3) is 6.29 Å². The fourth-order valence-corrected chi connectivity index (χ4v) is 1.59. The van der Waals surface area contributed by atoms with Gasteiger partial charge in [-0.25, -0.2) is 0 Å². The Bertz CT molecular complexity index is 598. The van der Waals surface area contributed by atoms with E-state index in [-0.39, 0.29) is 0 Å². The van der Waals surface area contributed by atoms with Gasteiger partial charge in [-0.05, 0) is 16.5 Å². The molecule has 3 rings (SSSR count). The summed E-state index contributed by atoms with van der Waals surface area (Å²) in [6.45, 7) is 0. The predicted octanol–water partition coefficient (Wildman–Crippen LogP) is 2.21. The Labute approximate surface area is 96.3 Å². The predicted molar refractivity (Wildman–Crippen MR) is 62.5 cm³/mol. The fourth-order valence-electron chi connectivity index (χ4n) is 1.59. The van der Waals surface area contributed by atoms with Crippen LogP contribution in [0.4, 0.5) is 0 Å². The average Bonchev–Trinajstić information content (AvgIpc) is 2.99. The van der Waals surface area contributed by atoms with Crippen LogP contribution in [0.15, 0.2) is 56.2 Å². The molecule has 0 aliphatic carbocycles. The van der Waals surface area contributed by atoms with Crippen LogP contribution in [0.25, 0.3) is 10.9 Å². The fraction of sp³-hybridized carbons (Fsp3) is 0.100. The molecule has 7 nitrogen and oxygen atoms in total. The maximum atomic E-state index is 4.04. The van der Waals surface area contributed by atoms with Crippen molar-refractivity contribution in [2.24, 2.45) is 25.8 Å². The van der Waals surface area contributed by atoms with Crippen molar-refractivity contribution < 1.29 is 0 Å². The van der Waals surface area contributed by atoms with E-state index >= 15 is 0 Å². The minimum atomic E-state index is -0.503. The summed E-state index contributed by atoms with van der Waals surface area (Å²) in [7, 11) is 0. The van der Waals surface area contributed by atoms with E-state index < -0.39 is 6.29 Å². The first-order valence-electron chi connectivity index (χ1n) is 5.08. The third-order valence-corrected chi connectivity index (χ3v) is 2.38. The quantitative estimate of drug-likeness (QED) is 0.610. The summed E-state index contributed by atoms with van der Waals surface area (Å²) in [6, 6.07) is 8.01. The molecule has 0 spiro atoms. The highest BCUT2D eigenvalue weighted by Gasteiger charge is 2.05. The lowest BCUT2D eigenvalue weighted by Gasteiger charge is -1.97. The van der Waals surface area contributed by atoms with E-state index in [0.717, 1.165) is 16.5 Å². The van der Waals surface area contributed by atoms with Crippen molar-refractivity contribution in [1.82, 2.24) is 10.4 Å². The summed E-state index contributed by atoms with van der Waals surface area (Å²) < 4.78 is 0. The molecule has 2 heterocycles. The zero-order valence-corrected chi connectivity index (χ0v) is 8.78. The van der Waals surface area contributed by atoms with Crippen LogP contribution in [-0.2, 0) is 0 Å². The highest BCUT2D eigenvalue weighted by molar-refractivity contribution is 5.98. The lowest BCUT2D eigenvalue weighted by atomic mass is 10.2. The van der Waals surface area contributed by atoms with Crippen molar-refractivity contribution in [2.75, 3.05) is 0 Å².